The van der Waals surface area contributed by atoms with E-state index in [2.05, 4.69) is 6.92 Å². The van der Waals surface area contributed by atoms with Gasteiger partial charge < -0.3 is 14.9 Å². The molecule has 0 saturated heterocycles. The Bertz CT molecular complexity index is 745. The number of rotatable bonds is 2. The van der Waals surface area contributed by atoms with E-state index in [1.807, 2.05) is 13.0 Å². The summed E-state index contributed by atoms with van der Waals surface area (Å²) in [6.45, 7) is 4.01. The monoisotopic (exact) mass is 394 g/mol. The molecule has 0 aromatic carbocycles. The Morgan fingerprint density at radius 2 is 2.11 bits per heavy atom. The van der Waals surface area contributed by atoms with E-state index >= 15 is 0 Å². The number of alkyl halides is 1. The average molecular weight is 395 g/mol. The Morgan fingerprint density at radius 3 is 2.81 bits per heavy atom. The van der Waals surface area contributed by atoms with Gasteiger partial charge in [-0.15, -0.1) is 0 Å². The Kier molecular flexibility index (Phi) is 4.37. The SMILES string of the molecule is C[C@]12C=CC(=O)C=C1CC[C@H]1C3CC[C@](O)(C(=O)OCCl)[C@@]3(C)C[C@H](O)[C@@H]12. The maximum Gasteiger partial charge on any atom is 0.339 e. The minimum atomic E-state index is -1.62. The molecular formula is C21H27ClO5. The quantitative estimate of drug-likeness (QED) is 0.555. The highest BCUT2D eigenvalue weighted by atomic mass is 35.5. The number of esters is 1. The number of aliphatic hydroxyl groups excluding tert-OH is 1. The smallest absolute Gasteiger partial charge is 0.339 e. The van der Waals surface area contributed by atoms with Crippen LogP contribution in [-0.4, -0.2) is 39.7 Å². The second kappa shape index (κ2) is 6.16. The zero-order chi connectivity index (χ0) is 19.6. The van der Waals surface area contributed by atoms with Crippen molar-refractivity contribution < 1.29 is 24.5 Å². The molecule has 1 unspecified atom stereocenters. The number of allylic oxidation sites excluding steroid dienone is 4. The second-order valence-electron chi connectivity index (χ2n) is 9.15. The summed E-state index contributed by atoms with van der Waals surface area (Å²) in [5.41, 5.74) is -1.63. The molecule has 4 rings (SSSR count). The molecule has 6 heteroatoms. The van der Waals surface area contributed by atoms with Crippen molar-refractivity contribution in [2.24, 2.45) is 28.6 Å². The first-order chi connectivity index (χ1) is 12.7. The van der Waals surface area contributed by atoms with Gasteiger partial charge in [0.15, 0.2) is 17.5 Å². The highest BCUT2D eigenvalue weighted by molar-refractivity contribution is 6.17. The van der Waals surface area contributed by atoms with E-state index < -0.39 is 23.1 Å². The van der Waals surface area contributed by atoms with Crippen LogP contribution >= 0.6 is 11.6 Å². The highest BCUT2D eigenvalue weighted by Crippen LogP contribution is 2.67. The van der Waals surface area contributed by atoms with Crippen LogP contribution in [0.25, 0.3) is 0 Å². The topological polar surface area (TPSA) is 83.8 Å². The fraction of sp³-hybridized carbons (Fsp3) is 0.714. The van der Waals surface area contributed by atoms with Crippen LogP contribution in [0.1, 0.15) is 46.0 Å². The minimum Gasteiger partial charge on any atom is -0.447 e. The normalized spacial score (nSPS) is 48.3. The van der Waals surface area contributed by atoms with Crippen molar-refractivity contribution in [1.82, 2.24) is 0 Å². The molecule has 4 aliphatic carbocycles. The lowest BCUT2D eigenvalue weighted by Gasteiger charge is -2.59. The zero-order valence-electron chi connectivity index (χ0n) is 15.8. The molecule has 27 heavy (non-hydrogen) atoms. The van der Waals surface area contributed by atoms with E-state index in [1.54, 1.807) is 12.2 Å². The second-order valence-corrected chi connectivity index (χ2v) is 9.37. The summed E-state index contributed by atoms with van der Waals surface area (Å²) in [5.74, 6) is -0.403. The van der Waals surface area contributed by atoms with Gasteiger partial charge in [-0.2, -0.15) is 0 Å². The molecule has 3 saturated carbocycles. The van der Waals surface area contributed by atoms with Crippen molar-refractivity contribution in [2.75, 3.05) is 6.07 Å². The van der Waals surface area contributed by atoms with Crippen LogP contribution in [-0.2, 0) is 14.3 Å². The van der Waals surface area contributed by atoms with Gasteiger partial charge in [-0.3, -0.25) is 4.79 Å². The molecule has 0 amide bonds. The lowest BCUT2D eigenvalue weighted by Crippen LogP contribution is -2.61. The van der Waals surface area contributed by atoms with Crippen molar-refractivity contribution in [1.29, 1.82) is 0 Å². The lowest BCUT2D eigenvalue weighted by atomic mass is 9.46. The van der Waals surface area contributed by atoms with Gasteiger partial charge >= 0.3 is 5.97 Å². The van der Waals surface area contributed by atoms with Crippen LogP contribution in [0.2, 0.25) is 0 Å². The van der Waals surface area contributed by atoms with Gasteiger partial charge in [0.25, 0.3) is 0 Å². The predicted molar refractivity (Wildman–Crippen MR) is 99.8 cm³/mol. The molecule has 5 nitrogen and oxygen atoms in total. The Labute approximate surface area is 164 Å². The molecular weight excluding hydrogens is 368 g/mol. The van der Waals surface area contributed by atoms with Crippen LogP contribution in [0.3, 0.4) is 0 Å². The maximum absolute atomic E-state index is 12.5. The maximum atomic E-state index is 12.5. The van der Waals surface area contributed by atoms with Crippen LogP contribution in [0, 0.1) is 28.6 Å². The predicted octanol–water partition coefficient (Wildman–Crippen LogP) is 2.74. The summed E-state index contributed by atoms with van der Waals surface area (Å²) in [4.78, 5) is 24.4. The number of carbonyl (C=O) groups is 2. The molecule has 0 radical (unpaired) electrons. The molecule has 0 bridgehead atoms. The molecule has 0 aromatic rings. The van der Waals surface area contributed by atoms with Crippen molar-refractivity contribution in [3.63, 3.8) is 0 Å². The first kappa shape index (κ1) is 19.2. The van der Waals surface area contributed by atoms with E-state index in [4.69, 9.17) is 16.3 Å². The fourth-order valence-electron chi connectivity index (χ4n) is 6.83. The summed E-state index contributed by atoms with van der Waals surface area (Å²) in [6.07, 6.45) is 7.64. The number of aliphatic hydroxyl groups is 2. The van der Waals surface area contributed by atoms with Gasteiger partial charge in [-0.1, -0.05) is 37.1 Å². The Morgan fingerprint density at radius 1 is 1.37 bits per heavy atom. The van der Waals surface area contributed by atoms with Crippen molar-refractivity contribution in [3.8, 4) is 0 Å². The minimum absolute atomic E-state index is 0.00937. The summed E-state index contributed by atoms with van der Waals surface area (Å²) < 4.78 is 4.97. The van der Waals surface area contributed by atoms with E-state index in [9.17, 15) is 19.8 Å². The van der Waals surface area contributed by atoms with Gasteiger partial charge in [0.1, 0.15) is 0 Å². The number of ketones is 1. The van der Waals surface area contributed by atoms with Crippen LogP contribution < -0.4 is 0 Å². The van der Waals surface area contributed by atoms with Crippen LogP contribution in [0.4, 0.5) is 0 Å². The van der Waals surface area contributed by atoms with Crippen LogP contribution in [0.5, 0.6) is 0 Å². The van der Waals surface area contributed by atoms with E-state index in [0.29, 0.717) is 12.8 Å². The first-order valence-electron chi connectivity index (χ1n) is 9.75. The van der Waals surface area contributed by atoms with Crippen molar-refractivity contribution >= 4 is 23.4 Å². The summed E-state index contributed by atoms with van der Waals surface area (Å²) in [7, 11) is 0. The van der Waals surface area contributed by atoms with Crippen molar-refractivity contribution in [3.05, 3.63) is 23.8 Å². The number of hydrogen-bond donors (Lipinski definition) is 2. The van der Waals surface area contributed by atoms with Gasteiger partial charge in [-0.25, -0.2) is 4.79 Å². The van der Waals surface area contributed by atoms with E-state index in [1.165, 1.54) is 0 Å². The van der Waals surface area contributed by atoms with Crippen molar-refractivity contribution in [2.45, 2.75) is 57.7 Å². The third kappa shape index (κ3) is 2.44. The Balaban J connectivity index is 1.72. The largest absolute Gasteiger partial charge is 0.447 e. The van der Waals surface area contributed by atoms with E-state index in [0.717, 1.165) is 24.8 Å². The number of carbonyl (C=O) groups excluding carboxylic acids is 2. The number of ether oxygens (including phenoxy) is 1. The summed E-state index contributed by atoms with van der Waals surface area (Å²) in [5, 5.41) is 22.5. The third-order valence-electron chi connectivity index (χ3n) is 8.17. The molecule has 148 valence electrons. The number of hydrogen-bond acceptors (Lipinski definition) is 5. The molecule has 3 fully saturated rings. The number of fused-ring (bicyclic) bond motifs is 5. The molecule has 7 atom stereocenters. The van der Waals surface area contributed by atoms with Gasteiger partial charge in [0.05, 0.1) is 6.10 Å². The summed E-state index contributed by atoms with van der Waals surface area (Å²) >= 11 is 5.56. The molecule has 0 spiro atoms. The summed E-state index contributed by atoms with van der Waals surface area (Å²) in [6, 6.07) is -0.290. The third-order valence-corrected chi connectivity index (χ3v) is 8.28. The zero-order valence-corrected chi connectivity index (χ0v) is 16.5. The standard InChI is InChI=1S/C21H27ClO5/c1-19-7-5-13(23)9-12(19)3-4-14-15-6-8-21(26,18(25)27-11-22)20(15,2)10-16(24)17(14)19/h5,7,9,14-17,24,26H,3-4,6,8,10-11H2,1-2H3/t14-,15?,16-,17+,19-,20-,21-/m0/s1. The molecule has 0 heterocycles. The Hall–Kier alpha value is -1.17. The van der Waals surface area contributed by atoms with E-state index in [-0.39, 0.29) is 35.0 Å². The van der Waals surface area contributed by atoms with Crippen LogP contribution in [0.15, 0.2) is 23.8 Å². The molecule has 4 aliphatic rings. The molecule has 0 aromatic heterocycles. The fourth-order valence-corrected chi connectivity index (χ4v) is 6.93. The number of halogens is 1. The molecule has 2 N–H and O–H groups in total. The van der Waals surface area contributed by atoms with Gasteiger partial charge in [0.2, 0.25) is 0 Å². The molecule has 0 aliphatic heterocycles. The first-order valence-corrected chi connectivity index (χ1v) is 10.3. The van der Waals surface area contributed by atoms with Gasteiger partial charge in [-0.05, 0) is 56.1 Å². The highest BCUT2D eigenvalue weighted by Gasteiger charge is 2.68. The lowest BCUT2D eigenvalue weighted by molar-refractivity contribution is -0.195. The average Bonchev–Trinajstić information content (AvgIpc) is 2.87. The van der Waals surface area contributed by atoms with Gasteiger partial charge in [0, 0.05) is 16.7 Å².